The lowest BCUT2D eigenvalue weighted by molar-refractivity contribution is -0.462. The highest BCUT2D eigenvalue weighted by Crippen LogP contribution is 2.17. The molecule has 1 saturated heterocycles. The maximum absolute atomic E-state index is 9.94. The molecule has 0 saturated carbocycles. The van der Waals surface area contributed by atoms with Gasteiger partial charge in [0.15, 0.2) is 0 Å². The van der Waals surface area contributed by atoms with Crippen molar-refractivity contribution >= 4 is 20.8 Å². The summed E-state index contributed by atoms with van der Waals surface area (Å²) in [6, 6.07) is 0. The lowest BCUT2D eigenvalue weighted by Gasteiger charge is -2.21. The minimum Gasteiger partial charge on any atom is -0.262 e. The smallest absolute Gasteiger partial charge is 0.262 e. The lowest BCUT2D eigenvalue weighted by Crippen LogP contribution is -2.42. The van der Waals surface area contributed by atoms with Crippen LogP contribution in [-0.4, -0.2) is 26.8 Å². The van der Waals surface area contributed by atoms with Crippen molar-refractivity contribution in [2.24, 2.45) is 0 Å². The fraction of sp³-hybridized carbons (Fsp3) is 0. The second kappa shape index (κ2) is 2.34. The van der Waals surface area contributed by atoms with E-state index in [9.17, 15) is 16.8 Å². The first kappa shape index (κ1) is 8.79. The molecule has 0 aliphatic carbocycles. The van der Waals surface area contributed by atoms with E-state index in [-0.39, 0.29) is 5.39 Å². The summed E-state index contributed by atoms with van der Waals surface area (Å²) >= 11 is 0. The summed E-state index contributed by atoms with van der Waals surface area (Å²) in [5, 5.41) is -0.384. The SMILES string of the molecule is O=S(=O)(O)ON1OS(=O)(=O)O1. The van der Waals surface area contributed by atoms with Gasteiger partial charge in [-0.2, -0.15) is 16.8 Å². The molecule has 11 heavy (non-hydrogen) atoms. The summed E-state index contributed by atoms with van der Waals surface area (Å²) in [7, 11) is -9.00. The topological polar surface area (TPSA) is 119 Å². The van der Waals surface area contributed by atoms with E-state index in [1.54, 1.807) is 0 Å². The second-order valence-corrected chi connectivity index (χ2v) is 3.40. The first-order valence-electron chi connectivity index (χ1n) is 1.90. The van der Waals surface area contributed by atoms with Crippen molar-refractivity contribution in [3.05, 3.63) is 0 Å². The molecule has 0 radical (unpaired) electrons. The van der Waals surface area contributed by atoms with Crippen molar-refractivity contribution < 1.29 is 34.2 Å². The Morgan fingerprint density at radius 1 is 1.36 bits per heavy atom. The summed E-state index contributed by atoms with van der Waals surface area (Å²) in [6.45, 7) is 0. The molecular weight excluding hydrogens is 206 g/mol. The molecule has 9 nitrogen and oxygen atoms in total. The number of hydrogen-bond donors (Lipinski definition) is 1. The molecule has 66 valence electrons. The summed E-state index contributed by atoms with van der Waals surface area (Å²) in [5.41, 5.74) is 0. The first-order valence-corrected chi connectivity index (χ1v) is 4.60. The van der Waals surface area contributed by atoms with Crippen LogP contribution in [0.1, 0.15) is 0 Å². The van der Waals surface area contributed by atoms with Gasteiger partial charge in [-0.25, -0.2) is 0 Å². The third-order valence-corrected chi connectivity index (χ3v) is 1.38. The zero-order valence-corrected chi connectivity index (χ0v) is 6.20. The molecule has 0 bridgehead atoms. The van der Waals surface area contributed by atoms with Gasteiger partial charge in [0, 0.05) is 0 Å². The highest BCUT2D eigenvalue weighted by atomic mass is 32.3. The number of nitrogens with zero attached hydrogens (tertiary/aromatic N) is 1. The molecule has 1 aliphatic rings. The Kier molecular flexibility index (Phi) is 1.87. The van der Waals surface area contributed by atoms with Crippen LogP contribution >= 0.6 is 0 Å². The number of rotatable bonds is 2. The molecule has 0 atom stereocenters. The molecule has 1 fully saturated rings. The van der Waals surface area contributed by atoms with Crippen molar-refractivity contribution in [1.82, 2.24) is 5.39 Å². The minimum atomic E-state index is -4.82. The van der Waals surface area contributed by atoms with Crippen molar-refractivity contribution in [3.8, 4) is 0 Å². The van der Waals surface area contributed by atoms with Crippen molar-refractivity contribution in [3.63, 3.8) is 0 Å². The van der Waals surface area contributed by atoms with E-state index in [1.807, 2.05) is 0 Å². The normalized spacial score (nSPS) is 24.5. The van der Waals surface area contributed by atoms with Gasteiger partial charge in [-0.15, -0.1) is 0 Å². The molecule has 0 aromatic rings. The van der Waals surface area contributed by atoms with Crippen molar-refractivity contribution in [1.29, 1.82) is 0 Å². The van der Waals surface area contributed by atoms with Crippen LogP contribution in [-0.2, 0) is 33.6 Å². The Labute approximate surface area is 61.2 Å². The Morgan fingerprint density at radius 2 is 1.82 bits per heavy atom. The van der Waals surface area contributed by atoms with Crippen LogP contribution in [0.5, 0.6) is 0 Å². The predicted molar refractivity (Wildman–Crippen MR) is 25.6 cm³/mol. The molecule has 0 aromatic carbocycles. The molecule has 0 spiro atoms. The summed E-state index contributed by atoms with van der Waals surface area (Å²) < 4.78 is 57.7. The van der Waals surface area contributed by atoms with Crippen molar-refractivity contribution in [2.75, 3.05) is 0 Å². The quantitative estimate of drug-likeness (QED) is 0.520. The van der Waals surface area contributed by atoms with Gasteiger partial charge in [0.05, 0.1) is 0 Å². The average molecular weight is 207 g/mol. The highest BCUT2D eigenvalue weighted by Gasteiger charge is 2.40. The molecule has 0 aromatic heterocycles. The molecule has 11 heteroatoms. The first-order chi connectivity index (χ1) is 4.79. The van der Waals surface area contributed by atoms with E-state index in [2.05, 4.69) is 12.9 Å². The van der Waals surface area contributed by atoms with Crippen LogP contribution in [0, 0.1) is 0 Å². The van der Waals surface area contributed by atoms with Gasteiger partial charge in [0.25, 0.3) is 0 Å². The van der Waals surface area contributed by atoms with Crippen LogP contribution in [0.25, 0.3) is 0 Å². The Balaban J connectivity index is 2.48. The van der Waals surface area contributed by atoms with Gasteiger partial charge < -0.3 is 0 Å². The molecule has 1 heterocycles. The highest BCUT2D eigenvalue weighted by molar-refractivity contribution is 7.82. The van der Waals surface area contributed by atoms with Crippen LogP contribution in [0.2, 0.25) is 0 Å². The molecule has 1 aliphatic heterocycles. The molecule has 0 amide bonds. The van der Waals surface area contributed by atoms with Crippen LogP contribution in [0.4, 0.5) is 0 Å². The zero-order valence-electron chi connectivity index (χ0n) is 4.57. The largest absolute Gasteiger partial charge is 0.440 e. The average Bonchev–Trinajstić information content (AvgIpc) is 1.53. The Hall–Kier alpha value is -0.300. The fourth-order valence-electron chi connectivity index (χ4n) is 0.256. The maximum Gasteiger partial charge on any atom is 0.440 e. The van der Waals surface area contributed by atoms with Gasteiger partial charge in [0.2, 0.25) is 0 Å². The second-order valence-electron chi connectivity index (χ2n) is 1.28. The van der Waals surface area contributed by atoms with E-state index in [1.165, 1.54) is 0 Å². The van der Waals surface area contributed by atoms with Gasteiger partial charge in [-0.3, -0.25) is 4.55 Å². The molecule has 0 unspecified atom stereocenters. The molecule has 1 N–H and O–H groups in total. The minimum absolute atomic E-state index is 0.384. The van der Waals surface area contributed by atoms with E-state index in [0.29, 0.717) is 0 Å². The fourth-order valence-corrected chi connectivity index (χ4v) is 0.918. The third-order valence-electron chi connectivity index (χ3n) is 0.459. The van der Waals surface area contributed by atoms with Crippen LogP contribution in [0.3, 0.4) is 0 Å². The standard InChI is InChI=1S/HNO8S2/c2-10(3,4)7-1-8-11(5,6)9-1/h(H,2,3,4). The number of hydrogen-bond acceptors (Lipinski definition) is 8. The summed E-state index contributed by atoms with van der Waals surface area (Å²) in [6.07, 6.45) is 0. The maximum atomic E-state index is 9.94. The van der Waals surface area contributed by atoms with Gasteiger partial charge in [-0.05, 0) is 0 Å². The molecular formula is HNO8S2. The summed E-state index contributed by atoms with van der Waals surface area (Å²) in [4.78, 5) is 0. The van der Waals surface area contributed by atoms with Gasteiger partial charge in [-0.1, -0.05) is 12.9 Å². The monoisotopic (exact) mass is 207 g/mol. The Morgan fingerprint density at radius 3 is 2.09 bits per heavy atom. The Bertz CT molecular complexity index is 320. The lowest BCUT2D eigenvalue weighted by atomic mass is 13.0. The van der Waals surface area contributed by atoms with E-state index in [4.69, 9.17) is 4.55 Å². The van der Waals surface area contributed by atoms with Crippen LogP contribution in [0.15, 0.2) is 0 Å². The van der Waals surface area contributed by atoms with Crippen LogP contribution < -0.4 is 0 Å². The van der Waals surface area contributed by atoms with Gasteiger partial charge in [0.1, 0.15) is 5.39 Å². The van der Waals surface area contributed by atoms with E-state index in [0.717, 1.165) is 0 Å². The summed E-state index contributed by atoms with van der Waals surface area (Å²) in [5.74, 6) is 0. The molecule has 1 rings (SSSR count). The zero-order chi connectivity index (χ0) is 8.70. The third kappa shape index (κ3) is 2.66. The van der Waals surface area contributed by atoms with E-state index < -0.39 is 20.8 Å². The van der Waals surface area contributed by atoms with Crippen molar-refractivity contribution in [2.45, 2.75) is 0 Å². The van der Waals surface area contributed by atoms with E-state index >= 15 is 0 Å². The predicted octanol–water partition coefficient (Wildman–Crippen LogP) is -1.86. The van der Waals surface area contributed by atoms with Gasteiger partial charge >= 0.3 is 20.8 Å².